The van der Waals surface area contributed by atoms with Crippen LogP contribution in [0.4, 0.5) is 19.4 Å². The van der Waals surface area contributed by atoms with Gasteiger partial charge in [0.25, 0.3) is 0 Å². The molecule has 63 heavy (non-hydrogen) atoms. The molecule has 3 aromatic carbocycles. The van der Waals surface area contributed by atoms with E-state index in [1.54, 1.807) is 12.1 Å². The number of anilines is 1. The molecule has 4 bridgehead atoms. The number of ether oxygens (including phenoxy) is 3. The van der Waals surface area contributed by atoms with Crippen molar-refractivity contribution in [1.29, 1.82) is 0 Å². The zero-order chi connectivity index (χ0) is 45.1. The van der Waals surface area contributed by atoms with Crippen molar-refractivity contribution in [1.82, 2.24) is 19.8 Å². The lowest BCUT2D eigenvalue weighted by atomic mass is 9.91. The van der Waals surface area contributed by atoms with E-state index in [0.29, 0.717) is 70.6 Å². The Bertz CT molecular complexity index is 2410. The summed E-state index contributed by atoms with van der Waals surface area (Å²) >= 11 is 7.26. The van der Waals surface area contributed by atoms with E-state index in [1.807, 2.05) is 44.7 Å². The lowest BCUT2D eigenvalue weighted by molar-refractivity contribution is -0.0161. The fraction of sp³-hybridized carbons (Fsp3) is 0.580. The SMILES string of the molecule is Cc1cc(-c2c(Cl)cc3c(N4CC5CCC(C4)N5C(=O)OC(C)(C)C)nc(OCCCN4C5CCC4COC5)nc3c2F)c2c(C#C[Si](C(C)C)(C(C)C)C(C)C)c(F)ccc2c1. The minimum absolute atomic E-state index is 0.0621. The lowest BCUT2D eigenvalue weighted by Crippen LogP contribution is -2.57. The first kappa shape index (κ1) is 45.5. The second-order valence-corrected chi connectivity index (χ2v) is 26.3. The summed E-state index contributed by atoms with van der Waals surface area (Å²) in [6.07, 6.45) is 4.33. The molecule has 9 nitrogen and oxygen atoms in total. The quantitative estimate of drug-likeness (QED) is 0.0885. The highest BCUT2D eigenvalue weighted by Crippen LogP contribution is 2.45. The van der Waals surface area contributed by atoms with Gasteiger partial charge in [-0.2, -0.15) is 9.97 Å². The van der Waals surface area contributed by atoms with Crippen molar-refractivity contribution in [2.24, 2.45) is 0 Å². The van der Waals surface area contributed by atoms with Crippen molar-refractivity contribution < 1.29 is 27.8 Å². The zero-order valence-electron chi connectivity index (χ0n) is 38.7. The molecule has 0 N–H and O–H groups in total. The molecule has 4 aliphatic heterocycles. The summed E-state index contributed by atoms with van der Waals surface area (Å²) in [5.41, 5.74) is 5.86. The van der Waals surface area contributed by atoms with E-state index in [1.165, 1.54) is 6.07 Å². The molecule has 1 amide bonds. The van der Waals surface area contributed by atoms with E-state index in [2.05, 4.69) is 62.8 Å². The van der Waals surface area contributed by atoms with Crippen LogP contribution < -0.4 is 9.64 Å². The molecule has 8 rings (SSSR count). The number of piperazine rings is 1. The molecule has 4 atom stereocenters. The highest BCUT2D eigenvalue weighted by Gasteiger charge is 2.46. The summed E-state index contributed by atoms with van der Waals surface area (Å²) in [6.45, 7) is 24.6. The first-order valence-corrected chi connectivity index (χ1v) is 25.7. The molecule has 4 fully saturated rings. The monoisotopic (exact) mass is 899 g/mol. The number of aryl methyl sites for hydroxylation is 1. The van der Waals surface area contributed by atoms with Crippen molar-refractivity contribution in [3.05, 3.63) is 58.1 Å². The van der Waals surface area contributed by atoms with Gasteiger partial charge >= 0.3 is 12.1 Å². The van der Waals surface area contributed by atoms with Crippen LogP contribution in [0.1, 0.15) is 106 Å². The highest BCUT2D eigenvalue weighted by atomic mass is 35.5. The highest BCUT2D eigenvalue weighted by molar-refractivity contribution is 6.90. The van der Waals surface area contributed by atoms with Gasteiger partial charge in [0, 0.05) is 48.1 Å². The summed E-state index contributed by atoms with van der Waals surface area (Å²) in [6, 6.07) is 9.47. The van der Waals surface area contributed by atoms with Gasteiger partial charge in [0.2, 0.25) is 0 Å². The molecule has 338 valence electrons. The van der Waals surface area contributed by atoms with Crippen LogP contribution in [0.2, 0.25) is 21.6 Å². The maximum atomic E-state index is 17.9. The third-order valence-corrected chi connectivity index (χ3v) is 20.8. The molecule has 4 aromatic rings. The predicted molar refractivity (Wildman–Crippen MR) is 252 cm³/mol. The molecule has 0 radical (unpaired) electrons. The van der Waals surface area contributed by atoms with Gasteiger partial charge in [-0.3, -0.25) is 9.80 Å². The van der Waals surface area contributed by atoms with Gasteiger partial charge in [0.05, 0.1) is 42.5 Å². The Morgan fingerprint density at radius 1 is 0.937 bits per heavy atom. The average molecular weight is 901 g/mol. The van der Waals surface area contributed by atoms with Crippen molar-refractivity contribution in [3.63, 3.8) is 0 Å². The standard InChI is InChI=1S/C50H64ClF2N5O4Si/c1-29(2)63(30(3)4,31(5)6)21-18-38-42(52)17-12-33-22-32(7)23-39(43(33)38)44-41(51)24-40-46(45(44)53)54-48(61-20-11-19-57-36-15-16-37(57)28-60-27-36)55-47(40)56-25-34-13-14-35(26-56)58(34)49(59)62-50(8,9)10/h12,17,22-24,29-31,34-37H,11,13-16,19-20,25-28H2,1-10H3. The molecule has 0 saturated carbocycles. The number of amides is 1. The number of fused-ring (bicyclic) bond motifs is 6. The predicted octanol–water partition coefficient (Wildman–Crippen LogP) is 11.5. The number of carbonyl (C=O) groups is 1. The van der Waals surface area contributed by atoms with Crippen LogP contribution in [0, 0.1) is 30.0 Å². The smallest absolute Gasteiger partial charge is 0.410 e. The number of rotatable bonds is 10. The number of morpholine rings is 1. The first-order valence-electron chi connectivity index (χ1n) is 23.1. The maximum absolute atomic E-state index is 17.9. The van der Waals surface area contributed by atoms with Gasteiger partial charge in [-0.15, -0.1) is 5.54 Å². The van der Waals surface area contributed by atoms with Crippen LogP contribution >= 0.6 is 11.6 Å². The second kappa shape index (κ2) is 17.7. The molecule has 4 saturated heterocycles. The van der Waals surface area contributed by atoms with Crippen molar-refractivity contribution in [2.45, 2.75) is 148 Å². The fourth-order valence-corrected chi connectivity index (χ4v) is 16.9. The van der Waals surface area contributed by atoms with Gasteiger partial charge in [-0.25, -0.2) is 13.6 Å². The fourth-order valence-electron chi connectivity index (χ4n) is 11.4. The van der Waals surface area contributed by atoms with E-state index in [-0.39, 0.29) is 45.9 Å². The normalized spacial score (nSPS) is 21.6. The number of halogens is 3. The topological polar surface area (TPSA) is 80.3 Å². The Hall–Kier alpha value is -4.02. The molecular weight excluding hydrogens is 836 g/mol. The number of hydrogen-bond donors (Lipinski definition) is 0. The third kappa shape index (κ3) is 8.64. The number of carbonyl (C=O) groups excluding carboxylic acids is 1. The van der Waals surface area contributed by atoms with Gasteiger partial charge in [0.15, 0.2) is 5.82 Å². The van der Waals surface area contributed by atoms with Crippen molar-refractivity contribution in [2.75, 3.05) is 44.4 Å². The van der Waals surface area contributed by atoms with E-state index < -0.39 is 25.3 Å². The third-order valence-electron chi connectivity index (χ3n) is 14.2. The molecule has 0 aliphatic carbocycles. The van der Waals surface area contributed by atoms with Crippen LogP contribution in [0.25, 0.3) is 32.8 Å². The average Bonchev–Trinajstić information content (AvgIpc) is 3.59. The van der Waals surface area contributed by atoms with E-state index in [0.717, 1.165) is 62.8 Å². The summed E-state index contributed by atoms with van der Waals surface area (Å²) in [5, 5.41) is 1.86. The van der Waals surface area contributed by atoms with Crippen LogP contribution in [-0.4, -0.2) is 103 Å². The maximum Gasteiger partial charge on any atom is 0.410 e. The molecule has 13 heteroatoms. The molecule has 4 aliphatic rings. The van der Waals surface area contributed by atoms with Crippen LogP contribution in [-0.2, 0) is 9.47 Å². The number of aromatic nitrogens is 2. The Morgan fingerprint density at radius 2 is 1.57 bits per heavy atom. The molecular formula is C50H64ClF2N5O4Si. The Morgan fingerprint density at radius 3 is 2.19 bits per heavy atom. The van der Waals surface area contributed by atoms with Gasteiger partial charge in [0.1, 0.15) is 30.8 Å². The van der Waals surface area contributed by atoms with Crippen LogP contribution in [0.5, 0.6) is 6.01 Å². The minimum atomic E-state index is -2.27. The first-order chi connectivity index (χ1) is 29.9. The van der Waals surface area contributed by atoms with E-state index in [4.69, 9.17) is 35.8 Å². The molecule has 5 heterocycles. The molecule has 1 aromatic heterocycles. The Balaban J connectivity index is 1.23. The second-order valence-electron chi connectivity index (χ2n) is 20.3. The molecule has 4 unspecified atom stereocenters. The van der Waals surface area contributed by atoms with Crippen molar-refractivity contribution >= 4 is 53.3 Å². The Kier molecular flexibility index (Phi) is 12.8. The largest absolute Gasteiger partial charge is 0.463 e. The summed E-state index contributed by atoms with van der Waals surface area (Å²) in [5.74, 6) is 2.78. The lowest BCUT2D eigenvalue weighted by Gasteiger charge is -2.42. The summed E-state index contributed by atoms with van der Waals surface area (Å²) in [4.78, 5) is 29.7. The summed E-state index contributed by atoms with van der Waals surface area (Å²) < 4.78 is 52.1. The zero-order valence-corrected chi connectivity index (χ0v) is 40.5. The van der Waals surface area contributed by atoms with E-state index in [9.17, 15) is 4.79 Å². The van der Waals surface area contributed by atoms with Gasteiger partial charge < -0.3 is 19.1 Å². The minimum Gasteiger partial charge on any atom is -0.463 e. The number of nitrogens with zero attached hydrogens (tertiary/aromatic N) is 5. The van der Waals surface area contributed by atoms with Gasteiger partial charge in [-0.05, 0) is 105 Å². The van der Waals surface area contributed by atoms with Crippen LogP contribution in [0.3, 0.4) is 0 Å². The van der Waals surface area contributed by atoms with E-state index >= 15 is 8.78 Å². The van der Waals surface area contributed by atoms with Gasteiger partial charge in [-0.1, -0.05) is 77.3 Å². The number of hydrogen-bond acceptors (Lipinski definition) is 8. The Labute approximate surface area is 378 Å². The van der Waals surface area contributed by atoms with Crippen LogP contribution in [0.15, 0.2) is 30.3 Å². The summed E-state index contributed by atoms with van der Waals surface area (Å²) in [7, 11) is -2.27. The number of benzene rings is 3. The van der Waals surface area contributed by atoms with Crippen molar-refractivity contribution in [3.8, 4) is 28.6 Å². The molecule has 0 spiro atoms.